The van der Waals surface area contributed by atoms with Crippen LogP contribution >= 0.6 is 11.3 Å². The molecule has 0 aromatic carbocycles. The average Bonchev–Trinajstić information content (AvgIpc) is 2.59. The Balaban J connectivity index is 2.57. The molecule has 0 amide bonds. The van der Waals surface area contributed by atoms with E-state index in [0.717, 1.165) is 5.92 Å². The summed E-state index contributed by atoms with van der Waals surface area (Å²) >= 11 is 1.87. The highest BCUT2D eigenvalue weighted by molar-refractivity contribution is 7.10. The fourth-order valence-electron chi connectivity index (χ4n) is 1.31. The van der Waals surface area contributed by atoms with E-state index in [9.17, 15) is 0 Å². The molecule has 0 aliphatic carbocycles. The second-order valence-corrected chi connectivity index (χ2v) is 3.90. The van der Waals surface area contributed by atoms with Crippen LogP contribution in [0.2, 0.25) is 0 Å². The molecule has 1 aromatic rings. The van der Waals surface area contributed by atoms with Crippen molar-refractivity contribution in [3.8, 4) is 0 Å². The van der Waals surface area contributed by atoms with Crippen LogP contribution in [0, 0.1) is 0 Å². The summed E-state index contributed by atoms with van der Waals surface area (Å²) in [7, 11) is 0. The zero-order valence-electron chi connectivity index (χ0n) is 7.79. The van der Waals surface area contributed by atoms with Crippen LogP contribution in [0.15, 0.2) is 29.7 Å². The number of hydrogen-bond donors (Lipinski definition) is 0. The summed E-state index contributed by atoms with van der Waals surface area (Å²) in [6, 6.07) is 4.38. The molecule has 1 heteroatoms. The molecular formula is C11H16S. The Morgan fingerprint density at radius 3 is 2.92 bits per heavy atom. The Morgan fingerprint density at radius 1 is 1.58 bits per heavy atom. The maximum Gasteiger partial charge on any atom is 0.00791 e. The molecule has 0 spiro atoms. The van der Waals surface area contributed by atoms with E-state index in [-0.39, 0.29) is 0 Å². The molecule has 12 heavy (non-hydrogen) atoms. The van der Waals surface area contributed by atoms with Crippen molar-refractivity contribution >= 4 is 11.3 Å². The van der Waals surface area contributed by atoms with Gasteiger partial charge in [-0.05, 0) is 37.1 Å². The maximum atomic E-state index is 2.26. The Kier molecular flexibility index (Phi) is 4.09. The highest BCUT2D eigenvalue weighted by atomic mass is 32.1. The van der Waals surface area contributed by atoms with Gasteiger partial charge in [-0.1, -0.05) is 25.1 Å². The Labute approximate surface area is 78.9 Å². The molecular weight excluding hydrogens is 164 g/mol. The van der Waals surface area contributed by atoms with Crippen molar-refractivity contribution in [2.24, 2.45) is 0 Å². The van der Waals surface area contributed by atoms with Crippen LogP contribution < -0.4 is 0 Å². The third kappa shape index (κ3) is 2.49. The standard InChI is InChI=1S/C11H16S/c1-3-5-7-10(4-2)11-8-6-9-12-11/h3,5-6,8-10H,4,7H2,1-2H3/b5-3-. The number of rotatable bonds is 4. The molecule has 0 fully saturated rings. The predicted molar refractivity (Wildman–Crippen MR) is 56.8 cm³/mol. The number of allylic oxidation sites excluding steroid dienone is 2. The summed E-state index contributed by atoms with van der Waals surface area (Å²) in [6.07, 6.45) is 6.82. The zero-order chi connectivity index (χ0) is 8.81. The zero-order valence-corrected chi connectivity index (χ0v) is 8.60. The molecule has 0 saturated carbocycles. The summed E-state index contributed by atoms with van der Waals surface area (Å²) in [5.74, 6) is 0.737. The van der Waals surface area contributed by atoms with E-state index in [1.807, 2.05) is 11.3 Å². The molecule has 1 aromatic heterocycles. The largest absolute Gasteiger partial charge is 0.149 e. The van der Waals surface area contributed by atoms with Gasteiger partial charge in [0.15, 0.2) is 0 Å². The third-order valence-electron chi connectivity index (χ3n) is 2.09. The van der Waals surface area contributed by atoms with Crippen LogP contribution in [0.1, 0.15) is 37.5 Å². The van der Waals surface area contributed by atoms with Crippen LogP contribution in [0.25, 0.3) is 0 Å². The van der Waals surface area contributed by atoms with Crippen molar-refractivity contribution in [3.05, 3.63) is 34.5 Å². The Bertz CT molecular complexity index is 221. The van der Waals surface area contributed by atoms with E-state index in [1.165, 1.54) is 17.7 Å². The van der Waals surface area contributed by atoms with Crippen LogP contribution in [0.4, 0.5) is 0 Å². The minimum Gasteiger partial charge on any atom is -0.149 e. The molecule has 0 bridgehead atoms. The van der Waals surface area contributed by atoms with Gasteiger partial charge >= 0.3 is 0 Å². The molecule has 66 valence electrons. The third-order valence-corrected chi connectivity index (χ3v) is 3.13. The van der Waals surface area contributed by atoms with Gasteiger partial charge in [0, 0.05) is 4.88 Å². The first-order valence-corrected chi connectivity index (χ1v) is 5.41. The first kappa shape index (κ1) is 9.53. The molecule has 0 radical (unpaired) electrons. The lowest BCUT2D eigenvalue weighted by molar-refractivity contribution is 0.686. The van der Waals surface area contributed by atoms with Crippen molar-refractivity contribution in [2.75, 3.05) is 0 Å². The second kappa shape index (κ2) is 5.15. The molecule has 0 aliphatic heterocycles. The summed E-state index contributed by atoms with van der Waals surface area (Å²) in [4.78, 5) is 1.52. The Morgan fingerprint density at radius 2 is 2.42 bits per heavy atom. The van der Waals surface area contributed by atoms with Crippen molar-refractivity contribution in [1.29, 1.82) is 0 Å². The van der Waals surface area contributed by atoms with E-state index in [4.69, 9.17) is 0 Å². The summed E-state index contributed by atoms with van der Waals surface area (Å²) in [5.41, 5.74) is 0. The van der Waals surface area contributed by atoms with Gasteiger partial charge < -0.3 is 0 Å². The topological polar surface area (TPSA) is 0 Å². The normalized spacial score (nSPS) is 13.8. The lowest BCUT2D eigenvalue weighted by Crippen LogP contribution is -1.91. The lowest BCUT2D eigenvalue weighted by Gasteiger charge is -2.09. The van der Waals surface area contributed by atoms with Gasteiger partial charge in [0.25, 0.3) is 0 Å². The molecule has 0 aliphatic rings. The van der Waals surface area contributed by atoms with E-state index < -0.39 is 0 Å². The van der Waals surface area contributed by atoms with Crippen LogP contribution in [0.5, 0.6) is 0 Å². The van der Waals surface area contributed by atoms with E-state index in [1.54, 1.807) is 0 Å². The van der Waals surface area contributed by atoms with Gasteiger partial charge in [0.05, 0.1) is 0 Å². The van der Waals surface area contributed by atoms with E-state index in [2.05, 4.69) is 43.5 Å². The quantitative estimate of drug-likeness (QED) is 0.609. The minimum absolute atomic E-state index is 0.737. The lowest BCUT2D eigenvalue weighted by atomic mass is 10.0. The van der Waals surface area contributed by atoms with Gasteiger partial charge in [-0.15, -0.1) is 11.3 Å². The summed E-state index contributed by atoms with van der Waals surface area (Å²) in [5, 5.41) is 2.16. The first-order valence-electron chi connectivity index (χ1n) is 4.53. The van der Waals surface area contributed by atoms with Crippen LogP contribution in [-0.2, 0) is 0 Å². The molecule has 1 rings (SSSR count). The molecule has 0 N–H and O–H groups in total. The van der Waals surface area contributed by atoms with Crippen molar-refractivity contribution < 1.29 is 0 Å². The maximum absolute atomic E-state index is 2.26. The fraction of sp³-hybridized carbons (Fsp3) is 0.455. The van der Waals surface area contributed by atoms with E-state index in [0.29, 0.717) is 0 Å². The fourth-order valence-corrected chi connectivity index (χ4v) is 2.23. The highest BCUT2D eigenvalue weighted by Gasteiger charge is 2.07. The molecule has 1 unspecified atom stereocenters. The monoisotopic (exact) mass is 180 g/mol. The molecule has 0 saturated heterocycles. The second-order valence-electron chi connectivity index (χ2n) is 2.93. The molecule has 1 atom stereocenters. The van der Waals surface area contributed by atoms with Gasteiger partial charge in [-0.2, -0.15) is 0 Å². The average molecular weight is 180 g/mol. The van der Waals surface area contributed by atoms with Gasteiger partial charge in [-0.25, -0.2) is 0 Å². The SMILES string of the molecule is C/C=C\CC(CC)c1cccs1. The minimum atomic E-state index is 0.737. The van der Waals surface area contributed by atoms with Crippen molar-refractivity contribution in [1.82, 2.24) is 0 Å². The van der Waals surface area contributed by atoms with Gasteiger partial charge in [0.1, 0.15) is 0 Å². The van der Waals surface area contributed by atoms with E-state index >= 15 is 0 Å². The van der Waals surface area contributed by atoms with Gasteiger partial charge in [-0.3, -0.25) is 0 Å². The van der Waals surface area contributed by atoms with Gasteiger partial charge in [0.2, 0.25) is 0 Å². The highest BCUT2D eigenvalue weighted by Crippen LogP contribution is 2.27. The van der Waals surface area contributed by atoms with Crippen LogP contribution in [-0.4, -0.2) is 0 Å². The smallest absolute Gasteiger partial charge is 0.00791 e. The number of thiophene rings is 1. The predicted octanol–water partition coefficient (Wildman–Crippen LogP) is 4.21. The van der Waals surface area contributed by atoms with Crippen molar-refractivity contribution in [3.63, 3.8) is 0 Å². The summed E-state index contributed by atoms with van der Waals surface area (Å²) < 4.78 is 0. The first-order chi connectivity index (χ1) is 5.88. The van der Waals surface area contributed by atoms with Crippen molar-refractivity contribution in [2.45, 2.75) is 32.6 Å². The molecule has 1 heterocycles. The van der Waals surface area contributed by atoms with Crippen LogP contribution in [0.3, 0.4) is 0 Å². The summed E-state index contributed by atoms with van der Waals surface area (Å²) in [6.45, 7) is 4.34. The molecule has 0 nitrogen and oxygen atoms in total. The Hall–Kier alpha value is -0.560. The number of hydrogen-bond acceptors (Lipinski definition) is 1.